The van der Waals surface area contributed by atoms with E-state index in [-0.39, 0.29) is 22.5 Å². The monoisotopic (exact) mass is 463 g/mol. The Balaban J connectivity index is 2.75. The van der Waals surface area contributed by atoms with Gasteiger partial charge in [0.2, 0.25) is 10.0 Å². The van der Waals surface area contributed by atoms with Gasteiger partial charge >= 0.3 is 5.97 Å². The molecule has 0 unspecified atom stereocenters. The molecule has 0 aromatic heterocycles. The van der Waals surface area contributed by atoms with Crippen molar-refractivity contribution in [1.82, 2.24) is 4.72 Å². The van der Waals surface area contributed by atoms with Gasteiger partial charge in [-0.1, -0.05) is 31.2 Å². The fourth-order valence-electron chi connectivity index (χ4n) is 3.52. The maximum Gasteiger partial charge on any atom is 0.332 e. The third kappa shape index (κ3) is 5.82. The Morgan fingerprint density at radius 2 is 1.69 bits per heavy atom. The lowest BCUT2D eigenvalue weighted by molar-refractivity contribution is -0.132. The van der Waals surface area contributed by atoms with Crippen molar-refractivity contribution in [3.05, 3.63) is 70.0 Å². The van der Waals surface area contributed by atoms with Gasteiger partial charge in [0.05, 0.1) is 4.90 Å². The molecule has 6 nitrogen and oxygen atoms in total. The topological polar surface area (TPSA) is 104 Å². The van der Waals surface area contributed by atoms with Gasteiger partial charge in [-0.15, -0.1) is 0 Å². The number of aryl methyl sites for hydroxylation is 1. The highest BCUT2D eigenvalue weighted by atomic mass is 32.2. The zero-order chi connectivity index (χ0) is 24.3. The molecule has 0 amide bonds. The Morgan fingerprint density at radius 3 is 2.16 bits per heavy atom. The molecular formula is C24H30FNO5S. The number of hydrogen-bond donors (Lipinski definition) is 3. The lowest BCUT2D eigenvalue weighted by Gasteiger charge is -2.21. The van der Waals surface area contributed by atoms with Gasteiger partial charge < -0.3 is 10.2 Å². The molecular weight excluding hydrogens is 433 g/mol. The lowest BCUT2D eigenvalue weighted by atomic mass is 9.87. The number of hydrogen-bond acceptors (Lipinski definition) is 4. The molecule has 2 rings (SSSR count). The first-order valence-electron chi connectivity index (χ1n) is 10.3. The van der Waals surface area contributed by atoms with E-state index in [9.17, 15) is 27.8 Å². The average molecular weight is 464 g/mol. The Hall–Kier alpha value is -2.55. The molecule has 0 fully saturated rings. The fourth-order valence-corrected chi connectivity index (χ4v) is 4.94. The van der Waals surface area contributed by atoms with Gasteiger partial charge in [0.1, 0.15) is 5.82 Å². The molecule has 32 heavy (non-hydrogen) atoms. The first-order chi connectivity index (χ1) is 14.8. The molecule has 0 atom stereocenters. The first-order valence-corrected chi connectivity index (χ1v) is 11.8. The molecule has 0 radical (unpaired) electrons. The summed E-state index contributed by atoms with van der Waals surface area (Å²) in [6.07, 6.45) is 0.190. The Labute approximate surface area is 188 Å². The second kappa shape index (κ2) is 9.94. The summed E-state index contributed by atoms with van der Waals surface area (Å²) in [6.45, 7) is 8.20. The minimum absolute atomic E-state index is 0.0281. The molecule has 0 saturated carbocycles. The minimum Gasteiger partial charge on any atom is -0.478 e. The minimum atomic E-state index is -3.78. The van der Waals surface area contributed by atoms with Crippen molar-refractivity contribution >= 4 is 21.6 Å². The van der Waals surface area contributed by atoms with E-state index < -0.39 is 34.0 Å². The van der Waals surface area contributed by atoms with Gasteiger partial charge in [0, 0.05) is 24.1 Å². The highest BCUT2D eigenvalue weighted by Gasteiger charge is 2.24. The highest BCUT2D eigenvalue weighted by molar-refractivity contribution is 7.89. The van der Waals surface area contributed by atoms with Gasteiger partial charge in [-0.05, 0) is 74.1 Å². The summed E-state index contributed by atoms with van der Waals surface area (Å²) in [6, 6.07) is 9.02. The summed E-state index contributed by atoms with van der Waals surface area (Å²) in [5.74, 6) is -1.65. The molecule has 3 N–H and O–H groups in total. The first kappa shape index (κ1) is 25.7. The van der Waals surface area contributed by atoms with Crippen LogP contribution in [0.2, 0.25) is 0 Å². The van der Waals surface area contributed by atoms with Crippen LogP contribution in [0.25, 0.3) is 5.57 Å². The number of aliphatic carboxylic acids is 1. The zero-order valence-corrected chi connectivity index (χ0v) is 19.8. The average Bonchev–Trinajstić information content (AvgIpc) is 2.68. The standard InChI is InChI=1S/C24H30FNO5S/c1-6-18-19(12-7-15(2)22(18)25)21(20(13-14-27)23(28)29)16-8-10-17(11-9-16)32(30,31)26-24(3,4)5/h7-12,26-27H,6,13-14H2,1-5H3,(H,28,29)/b21-20-. The van der Waals surface area contributed by atoms with Crippen molar-refractivity contribution in [2.45, 2.75) is 57.9 Å². The van der Waals surface area contributed by atoms with Crippen LogP contribution < -0.4 is 4.72 Å². The predicted octanol–water partition coefficient (Wildman–Crippen LogP) is 4.04. The molecule has 0 aliphatic carbocycles. The van der Waals surface area contributed by atoms with Crippen molar-refractivity contribution < 1.29 is 27.8 Å². The van der Waals surface area contributed by atoms with E-state index in [0.717, 1.165) is 0 Å². The summed E-state index contributed by atoms with van der Waals surface area (Å²) in [4.78, 5) is 12.1. The van der Waals surface area contributed by atoms with E-state index in [4.69, 9.17) is 0 Å². The van der Waals surface area contributed by atoms with E-state index in [1.54, 1.807) is 46.8 Å². The Kier molecular flexibility index (Phi) is 7.98. The van der Waals surface area contributed by atoms with Gasteiger partial charge in [-0.3, -0.25) is 0 Å². The van der Waals surface area contributed by atoms with Crippen LogP contribution in [-0.2, 0) is 21.2 Å². The van der Waals surface area contributed by atoms with Gasteiger partial charge in [-0.25, -0.2) is 22.3 Å². The van der Waals surface area contributed by atoms with Crippen molar-refractivity contribution in [3.8, 4) is 0 Å². The third-order valence-electron chi connectivity index (χ3n) is 4.87. The third-order valence-corrected chi connectivity index (χ3v) is 6.65. The van der Waals surface area contributed by atoms with E-state index in [2.05, 4.69) is 4.72 Å². The maximum absolute atomic E-state index is 14.9. The number of carboxylic acid groups (broad SMARTS) is 1. The smallest absolute Gasteiger partial charge is 0.332 e. The van der Waals surface area contributed by atoms with Crippen molar-refractivity contribution in [1.29, 1.82) is 0 Å². The quantitative estimate of drug-likeness (QED) is 0.513. The fraction of sp³-hybridized carbons (Fsp3) is 0.375. The van der Waals surface area contributed by atoms with Crippen LogP contribution in [0, 0.1) is 12.7 Å². The van der Waals surface area contributed by atoms with Gasteiger partial charge in [0.25, 0.3) is 0 Å². The van der Waals surface area contributed by atoms with E-state index >= 15 is 0 Å². The molecule has 0 saturated heterocycles. The summed E-state index contributed by atoms with van der Waals surface area (Å²) in [5, 5.41) is 19.3. The number of rotatable bonds is 8. The van der Waals surface area contributed by atoms with Crippen molar-refractivity contribution in [2.75, 3.05) is 6.61 Å². The molecule has 8 heteroatoms. The van der Waals surface area contributed by atoms with E-state index in [1.165, 1.54) is 24.3 Å². The van der Waals surface area contributed by atoms with Crippen LogP contribution in [0.3, 0.4) is 0 Å². The van der Waals surface area contributed by atoms with Gasteiger partial charge in [-0.2, -0.15) is 0 Å². The largest absolute Gasteiger partial charge is 0.478 e. The van der Waals surface area contributed by atoms with E-state index in [1.807, 2.05) is 0 Å². The van der Waals surface area contributed by atoms with Crippen LogP contribution in [0.1, 0.15) is 56.4 Å². The Bertz CT molecular complexity index is 1130. The van der Waals surface area contributed by atoms with E-state index in [0.29, 0.717) is 28.7 Å². The lowest BCUT2D eigenvalue weighted by Crippen LogP contribution is -2.40. The van der Waals surface area contributed by atoms with Crippen LogP contribution in [0.4, 0.5) is 4.39 Å². The van der Waals surface area contributed by atoms with Crippen molar-refractivity contribution in [2.24, 2.45) is 0 Å². The van der Waals surface area contributed by atoms with Crippen LogP contribution in [-0.4, -0.2) is 36.7 Å². The number of carbonyl (C=O) groups is 1. The highest BCUT2D eigenvalue weighted by Crippen LogP contribution is 2.34. The van der Waals surface area contributed by atoms with Crippen LogP contribution >= 0.6 is 0 Å². The molecule has 0 aliphatic heterocycles. The molecule has 0 aliphatic rings. The number of halogens is 1. The molecule has 2 aromatic rings. The molecule has 0 spiro atoms. The normalized spacial score (nSPS) is 13.1. The molecule has 0 bridgehead atoms. The molecule has 2 aromatic carbocycles. The van der Waals surface area contributed by atoms with Crippen LogP contribution in [0.5, 0.6) is 0 Å². The molecule has 174 valence electrons. The maximum atomic E-state index is 14.9. The number of sulfonamides is 1. The second-order valence-electron chi connectivity index (χ2n) is 8.59. The van der Waals surface area contributed by atoms with Crippen LogP contribution in [0.15, 0.2) is 46.9 Å². The zero-order valence-electron chi connectivity index (χ0n) is 19.0. The van der Waals surface area contributed by atoms with Crippen molar-refractivity contribution in [3.63, 3.8) is 0 Å². The number of aliphatic hydroxyl groups excluding tert-OH is 1. The molecule has 0 heterocycles. The number of aliphatic hydroxyl groups is 1. The summed E-state index contributed by atoms with van der Waals surface area (Å²) >= 11 is 0. The summed E-state index contributed by atoms with van der Waals surface area (Å²) < 4.78 is 42.7. The SMILES string of the molecule is CCc1c(/C(=C(/CCO)C(=O)O)c2ccc(S(=O)(=O)NC(C)(C)C)cc2)ccc(C)c1F. The van der Waals surface area contributed by atoms with Gasteiger partial charge in [0.15, 0.2) is 0 Å². The number of benzene rings is 2. The Morgan fingerprint density at radius 1 is 1.09 bits per heavy atom. The predicted molar refractivity (Wildman–Crippen MR) is 122 cm³/mol. The second-order valence-corrected chi connectivity index (χ2v) is 10.3. The number of carboxylic acids is 1. The summed E-state index contributed by atoms with van der Waals surface area (Å²) in [7, 11) is -3.78. The summed E-state index contributed by atoms with van der Waals surface area (Å²) in [5.41, 5.74) is 1.15. The number of nitrogens with one attached hydrogen (secondary N) is 1.